The summed E-state index contributed by atoms with van der Waals surface area (Å²) in [6, 6.07) is 11.9. The number of ether oxygens (including phenoxy) is 2. The number of nitrogens with zero attached hydrogens (tertiary/aromatic N) is 2. The van der Waals surface area contributed by atoms with Crippen LogP contribution in [-0.4, -0.2) is 28.9 Å². The van der Waals surface area contributed by atoms with Crippen LogP contribution in [0.5, 0.6) is 17.4 Å². The predicted octanol–water partition coefficient (Wildman–Crippen LogP) is 5.13. The first-order chi connectivity index (χ1) is 14.5. The van der Waals surface area contributed by atoms with Crippen LogP contribution < -0.4 is 15.2 Å². The highest BCUT2D eigenvalue weighted by molar-refractivity contribution is 6.12. The van der Waals surface area contributed by atoms with Crippen LogP contribution in [-0.2, 0) is 0 Å². The molecule has 2 aromatic heterocycles. The van der Waals surface area contributed by atoms with Gasteiger partial charge in [0, 0.05) is 28.8 Å². The molecule has 30 heavy (non-hydrogen) atoms. The van der Waals surface area contributed by atoms with Crippen molar-refractivity contribution in [2.24, 2.45) is 5.92 Å². The highest BCUT2D eigenvalue weighted by atomic mass is 16.5. The van der Waals surface area contributed by atoms with E-state index in [4.69, 9.17) is 20.2 Å². The Morgan fingerprint density at radius 3 is 2.60 bits per heavy atom. The fraction of sp³-hybridized carbons (Fsp3) is 0.292. The third kappa shape index (κ3) is 2.67. The second-order valence-corrected chi connectivity index (χ2v) is 8.14. The number of nitrogen functional groups attached to an aromatic ring is 1. The van der Waals surface area contributed by atoms with E-state index in [0.717, 1.165) is 46.4 Å². The van der Waals surface area contributed by atoms with Gasteiger partial charge in [0.2, 0.25) is 5.88 Å². The minimum absolute atomic E-state index is 0.207. The van der Waals surface area contributed by atoms with E-state index in [-0.39, 0.29) is 5.88 Å². The van der Waals surface area contributed by atoms with E-state index in [1.54, 1.807) is 14.2 Å². The number of hydrogen-bond acceptors (Lipinski definition) is 5. The van der Waals surface area contributed by atoms with Gasteiger partial charge in [0.05, 0.1) is 36.3 Å². The minimum Gasteiger partial charge on any atom is -0.497 e. The Kier molecular flexibility index (Phi) is 4.24. The van der Waals surface area contributed by atoms with E-state index in [1.807, 2.05) is 47.2 Å². The molecule has 0 aliphatic heterocycles. The molecule has 4 aromatic rings. The zero-order chi connectivity index (χ0) is 21.0. The van der Waals surface area contributed by atoms with Gasteiger partial charge in [-0.3, -0.25) is 0 Å². The molecular formula is C24H25N3O3. The Bertz CT molecular complexity index is 1270. The number of nitrogens with two attached hydrogens (primary N) is 1. The lowest BCUT2D eigenvalue weighted by molar-refractivity contribution is 0.202. The Morgan fingerprint density at radius 2 is 1.90 bits per heavy atom. The number of anilines is 1. The Balaban J connectivity index is 1.77. The zero-order valence-electron chi connectivity index (χ0n) is 17.3. The molecule has 0 amide bonds. The van der Waals surface area contributed by atoms with Crippen molar-refractivity contribution in [2.75, 3.05) is 20.0 Å². The van der Waals surface area contributed by atoms with Crippen LogP contribution in [0, 0.1) is 5.92 Å². The molecule has 154 valence electrons. The van der Waals surface area contributed by atoms with Crippen molar-refractivity contribution in [2.45, 2.75) is 25.8 Å². The van der Waals surface area contributed by atoms with Crippen molar-refractivity contribution in [1.29, 1.82) is 0 Å². The Hall–Kier alpha value is -3.41. The van der Waals surface area contributed by atoms with Crippen LogP contribution in [0.25, 0.3) is 32.9 Å². The van der Waals surface area contributed by atoms with Crippen LogP contribution in [0.15, 0.2) is 42.6 Å². The number of para-hydroxylation sites is 1. The quantitative estimate of drug-likeness (QED) is 0.493. The summed E-state index contributed by atoms with van der Waals surface area (Å²) < 4.78 is 12.9. The molecule has 1 saturated carbocycles. The summed E-state index contributed by atoms with van der Waals surface area (Å²) in [6.07, 6.45) is 4.04. The van der Waals surface area contributed by atoms with Crippen LogP contribution in [0.4, 0.5) is 5.69 Å². The van der Waals surface area contributed by atoms with Crippen LogP contribution in [0.1, 0.15) is 25.8 Å². The van der Waals surface area contributed by atoms with E-state index in [9.17, 15) is 5.11 Å². The summed E-state index contributed by atoms with van der Waals surface area (Å²) >= 11 is 0. The van der Waals surface area contributed by atoms with Crippen molar-refractivity contribution in [3.05, 3.63) is 42.6 Å². The molecule has 0 bridgehead atoms. The molecule has 1 aliphatic carbocycles. The number of rotatable bonds is 4. The predicted molar refractivity (Wildman–Crippen MR) is 119 cm³/mol. The SMILES string of the molecule is COc1ccc(OC)c(-c2cccc3c(N)c4c(O)n(C5CC(C)C5)cc4nc23)c1. The molecule has 1 aliphatic rings. The fourth-order valence-electron chi connectivity index (χ4n) is 4.59. The largest absolute Gasteiger partial charge is 0.497 e. The third-order valence-electron chi connectivity index (χ3n) is 6.25. The summed E-state index contributed by atoms with van der Waals surface area (Å²) in [4.78, 5) is 4.93. The molecule has 2 heterocycles. The van der Waals surface area contributed by atoms with Gasteiger partial charge in [-0.25, -0.2) is 4.98 Å². The number of pyridine rings is 1. The van der Waals surface area contributed by atoms with Gasteiger partial charge < -0.3 is 24.9 Å². The van der Waals surface area contributed by atoms with E-state index >= 15 is 0 Å². The topological polar surface area (TPSA) is 82.5 Å². The second kappa shape index (κ2) is 6.83. The summed E-state index contributed by atoms with van der Waals surface area (Å²) in [5.41, 5.74) is 10.4. The summed E-state index contributed by atoms with van der Waals surface area (Å²) in [6.45, 7) is 2.23. The highest BCUT2D eigenvalue weighted by Crippen LogP contribution is 2.45. The number of methoxy groups -OCH3 is 2. The Morgan fingerprint density at radius 1 is 1.10 bits per heavy atom. The molecule has 0 spiro atoms. The van der Waals surface area contributed by atoms with Gasteiger partial charge in [-0.2, -0.15) is 0 Å². The summed E-state index contributed by atoms with van der Waals surface area (Å²) in [5, 5.41) is 12.3. The molecule has 2 aromatic carbocycles. The average molecular weight is 403 g/mol. The minimum atomic E-state index is 0.207. The number of aromatic hydroxyl groups is 1. The third-order valence-corrected chi connectivity index (χ3v) is 6.25. The maximum absolute atomic E-state index is 10.9. The van der Waals surface area contributed by atoms with Crippen molar-refractivity contribution >= 4 is 27.5 Å². The van der Waals surface area contributed by atoms with E-state index in [2.05, 4.69) is 6.92 Å². The molecule has 0 radical (unpaired) electrons. The maximum Gasteiger partial charge on any atom is 0.203 e. The highest BCUT2D eigenvalue weighted by Gasteiger charge is 2.30. The molecule has 6 heteroatoms. The molecule has 5 rings (SSSR count). The standard InChI is InChI=1S/C24H25N3O3/c1-13-9-14(10-13)27-12-19-21(24(27)28)22(25)17-6-4-5-16(23(17)26-19)18-11-15(29-2)7-8-20(18)30-3/h4-8,11-14,28H,9-10,25H2,1-3H3. The van der Waals surface area contributed by atoms with Gasteiger partial charge in [-0.15, -0.1) is 0 Å². The molecule has 0 unspecified atom stereocenters. The summed E-state index contributed by atoms with van der Waals surface area (Å²) in [7, 11) is 3.29. The van der Waals surface area contributed by atoms with Crippen molar-refractivity contribution < 1.29 is 14.6 Å². The molecule has 1 fully saturated rings. The number of fused-ring (bicyclic) bond motifs is 2. The molecule has 0 saturated heterocycles. The molecule has 3 N–H and O–H groups in total. The zero-order valence-corrected chi connectivity index (χ0v) is 17.3. The molecule has 6 nitrogen and oxygen atoms in total. The van der Waals surface area contributed by atoms with Crippen molar-refractivity contribution in [3.63, 3.8) is 0 Å². The van der Waals surface area contributed by atoms with Gasteiger partial charge in [0.25, 0.3) is 0 Å². The van der Waals surface area contributed by atoms with Gasteiger partial charge in [-0.1, -0.05) is 25.1 Å². The lowest BCUT2D eigenvalue weighted by Gasteiger charge is -2.34. The molecule has 0 atom stereocenters. The summed E-state index contributed by atoms with van der Waals surface area (Å²) in [5.74, 6) is 2.35. The number of aromatic nitrogens is 2. The van der Waals surface area contributed by atoms with Crippen LogP contribution in [0.3, 0.4) is 0 Å². The van der Waals surface area contributed by atoms with E-state index in [0.29, 0.717) is 28.6 Å². The van der Waals surface area contributed by atoms with Crippen LogP contribution >= 0.6 is 0 Å². The fourth-order valence-corrected chi connectivity index (χ4v) is 4.59. The van der Waals surface area contributed by atoms with E-state index < -0.39 is 0 Å². The number of hydrogen-bond donors (Lipinski definition) is 2. The maximum atomic E-state index is 10.9. The van der Waals surface area contributed by atoms with Crippen LogP contribution in [0.2, 0.25) is 0 Å². The first-order valence-electron chi connectivity index (χ1n) is 10.2. The smallest absolute Gasteiger partial charge is 0.203 e. The van der Waals surface area contributed by atoms with Crippen molar-refractivity contribution in [3.8, 4) is 28.5 Å². The van der Waals surface area contributed by atoms with Gasteiger partial charge >= 0.3 is 0 Å². The average Bonchev–Trinajstić information content (AvgIpc) is 3.06. The molecular weight excluding hydrogens is 378 g/mol. The second-order valence-electron chi connectivity index (χ2n) is 8.14. The van der Waals surface area contributed by atoms with E-state index in [1.165, 1.54) is 0 Å². The first kappa shape index (κ1) is 18.6. The van der Waals surface area contributed by atoms with Crippen molar-refractivity contribution in [1.82, 2.24) is 9.55 Å². The van der Waals surface area contributed by atoms with Gasteiger partial charge in [-0.05, 0) is 37.0 Å². The lowest BCUT2D eigenvalue weighted by Crippen LogP contribution is -2.23. The number of benzene rings is 2. The normalized spacial score (nSPS) is 18.5. The Labute approximate surface area is 174 Å². The first-order valence-corrected chi connectivity index (χ1v) is 10.2. The monoisotopic (exact) mass is 403 g/mol. The lowest BCUT2D eigenvalue weighted by atomic mass is 9.82. The van der Waals surface area contributed by atoms with Gasteiger partial charge in [0.15, 0.2) is 0 Å². The van der Waals surface area contributed by atoms with Gasteiger partial charge in [0.1, 0.15) is 11.5 Å².